The molecular weight excluding hydrogens is 188 g/mol. The van der Waals surface area contributed by atoms with E-state index in [0.717, 1.165) is 18.7 Å². The van der Waals surface area contributed by atoms with E-state index >= 15 is 0 Å². The Morgan fingerprint density at radius 2 is 2.33 bits per heavy atom. The third-order valence-electron chi connectivity index (χ3n) is 2.51. The van der Waals surface area contributed by atoms with Crippen molar-refractivity contribution >= 4 is 0 Å². The number of ether oxygens (including phenoxy) is 1. The summed E-state index contributed by atoms with van der Waals surface area (Å²) in [6.07, 6.45) is 3.57. The molecule has 1 fully saturated rings. The van der Waals surface area contributed by atoms with Crippen LogP contribution in [0.4, 0.5) is 0 Å². The quantitative estimate of drug-likeness (QED) is 0.798. The molecular formula is C12H14N2O. The van der Waals surface area contributed by atoms with Crippen LogP contribution in [0.1, 0.15) is 24.8 Å². The lowest BCUT2D eigenvalue weighted by molar-refractivity contribution is 0.132. The zero-order valence-electron chi connectivity index (χ0n) is 8.57. The van der Waals surface area contributed by atoms with Crippen LogP contribution < -0.4 is 10.1 Å². The van der Waals surface area contributed by atoms with E-state index in [4.69, 9.17) is 10.00 Å². The fourth-order valence-electron chi connectivity index (χ4n) is 1.72. The fourth-order valence-corrected chi connectivity index (χ4v) is 1.72. The normalized spacial score (nSPS) is 20.6. The number of hydrogen-bond acceptors (Lipinski definition) is 3. The second kappa shape index (κ2) is 4.81. The van der Waals surface area contributed by atoms with Gasteiger partial charge in [0.05, 0.1) is 11.6 Å². The van der Waals surface area contributed by atoms with Crippen molar-refractivity contribution in [1.82, 2.24) is 5.32 Å². The minimum atomic E-state index is 0.104. The number of hydrogen-bond donors (Lipinski definition) is 1. The van der Waals surface area contributed by atoms with Crippen molar-refractivity contribution in [3.63, 3.8) is 0 Å². The van der Waals surface area contributed by atoms with Crippen molar-refractivity contribution < 1.29 is 4.74 Å². The zero-order valence-corrected chi connectivity index (χ0v) is 8.57. The van der Waals surface area contributed by atoms with E-state index in [0.29, 0.717) is 5.56 Å². The molecule has 15 heavy (non-hydrogen) atoms. The van der Waals surface area contributed by atoms with Gasteiger partial charge in [-0.25, -0.2) is 0 Å². The van der Waals surface area contributed by atoms with E-state index in [-0.39, 0.29) is 6.23 Å². The van der Waals surface area contributed by atoms with Gasteiger partial charge in [-0.15, -0.1) is 0 Å². The number of rotatable bonds is 2. The molecule has 0 radical (unpaired) electrons. The van der Waals surface area contributed by atoms with Crippen molar-refractivity contribution in [3.05, 3.63) is 29.8 Å². The number of benzene rings is 1. The molecule has 1 unspecified atom stereocenters. The van der Waals surface area contributed by atoms with Gasteiger partial charge in [0.1, 0.15) is 12.0 Å². The molecule has 3 heteroatoms. The van der Waals surface area contributed by atoms with Gasteiger partial charge in [0.25, 0.3) is 0 Å². The third-order valence-corrected chi connectivity index (χ3v) is 2.51. The predicted molar refractivity (Wildman–Crippen MR) is 57.4 cm³/mol. The van der Waals surface area contributed by atoms with Gasteiger partial charge in [0, 0.05) is 0 Å². The lowest BCUT2D eigenvalue weighted by atomic mass is 10.1. The maximum atomic E-state index is 8.75. The number of piperidine rings is 1. The highest BCUT2D eigenvalue weighted by atomic mass is 16.5. The number of nitrogens with zero attached hydrogens (tertiary/aromatic N) is 1. The van der Waals surface area contributed by atoms with Gasteiger partial charge in [-0.05, 0) is 44.0 Å². The molecule has 0 bridgehead atoms. The Labute approximate surface area is 89.7 Å². The number of nitriles is 1. The molecule has 3 nitrogen and oxygen atoms in total. The van der Waals surface area contributed by atoms with E-state index in [2.05, 4.69) is 11.4 Å². The second-order valence-corrected chi connectivity index (χ2v) is 3.70. The summed E-state index contributed by atoms with van der Waals surface area (Å²) in [5.41, 5.74) is 0.642. The molecule has 1 atom stereocenters. The van der Waals surface area contributed by atoms with E-state index in [1.165, 1.54) is 12.8 Å². The topological polar surface area (TPSA) is 45.0 Å². The minimum Gasteiger partial charge on any atom is -0.475 e. The Morgan fingerprint density at radius 1 is 1.40 bits per heavy atom. The molecule has 1 saturated heterocycles. The highest BCUT2D eigenvalue weighted by Gasteiger charge is 2.13. The lowest BCUT2D eigenvalue weighted by Crippen LogP contribution is -2.38. The van der Waals surface area contributed by atoms with E-state index in [9.17, 15) is 0 Å². The summed E-state index contributed by atoms with van der Waals surface area (Å²) >= 11 is 0. The predicted octanol–water partition coefficient (Wildman–Crippen LogP) is 2.04. The molecule has 0 saturated carbocycles. The maximum absolute atomic E-state index is 8.75. The molecule has 0 aromatic heterocycles. The summed E-state index contributed by atoms with van der Waals surface area (Å²) in [4.78, 5) is 0. The highest BCUT2D eigenvalue weighted by Crippen LogP contribution is 2.17. The van der Waals surface area contributed by atoms with Crippen LogP contribution >= 0.6 is 0 Å². The van der Waals surface area contributed by atoms with Gasteiger partial charge in [-0.2, -0.15) is 5.26 Å². The van der Waals surface area contributed by atoms with Crippen molar-refractivity contribution in [3.8, 4) is 11.8 Å². The van der Waals surface area contributed by atoms with Crippen LogP contribution in [-0.2, 0) is 0 Å². The van der Waals surface area contributed by atoms with Crippen LogP contribution in [0.25, 0.3) is 0 Å². The molecule has 0 amide bonds. The highest BCUT2D eigenvalue weighted by molar-refractivity contribution is 5.36. The van der Waals surface area contributed by atoms with Crippen molar-refractivity contribution in [2.24, 2.45) is 0 Å². The largest absolute Gasteiger partial charge is 0.475 e. The van der Waals surface area contributed by atoms with E-state index < -0.39 is 0 Å². The summed E-state index contributed by atoms with van der Waals surface area (Å²) in [7, 11) is 0. The van der Waals surface area contributed by atoms with Gasteiger partial charge >= 0.3 is 0 Å². The first-order valence-corrected chi connectivity index (χ1v) is 5.29. The average Bonchev–Trinajstić information content (AvgIpc) is 2.31. The van der Waals surface area contributed by atoms with Crippen LogP contribution in [0.3, 0.4) is 0 Å². The van der Waals surface area contributed by atoms with Gasteiger partial charge in [-0.3, -0.25) is 5.32 Å². The maximum Gasteiger partial charge on any atom is 0.150 e. The van der Waals surface area contributed by atoms with Gasteiger partial charge in [-0.1, -0.05) is 6.07 Å². The van der Waals surface area contributed by atoms with Gasteiger partial charge in [0.2, 0.25) is 0 Å². The second-order valence-electron chi connectivity index (χ2n) is 3.70. The lowest BCUT2D eigenvalue weighted by Gasteiger charge is -2.24. The van der Waals surface area contributed by atoms with Crippen LogP contribution in [-0.4, -0.2) is 12.8 Å². The molecule has 0 aliphatic carbocycles. The molecule has 0 spiro atoms. The van der Waals surface area contributed by atoms with Gasteiger partial charge in [0.15, 0.2) is 0 Å². The van der Waals surface area contributed by atoms with Crippen LogP contribution in [0, 0.1) is 11.3 Å². The van der Waals surface area contributed by atoms with Crippen LogP contribution in [0.2, 0.25) is 0 Å². The van der Waals surface area contributed by atoms with Crippen molar-refractivity contribution in [1.29, 1.82) is 5.26 Å². The molecule has 2 rings (SSSR count). The third kappa shape index (κ3) is 2.71. The molecule has 1 aromatic carbocycles. The monoisotopic (exact) mass is 202 g/mol. The molecule has 1 heterocycles. The summed E-state index contributed by atoms with van der Waals surface area (Å²) in [6, 6.07) is 9.39. The standard InChI is InChI=1S/C12H14N2O/c13-9-10-4-3-5-11(8-10)15-12-6-1-2-7-14-12/h3-5,8,12,14H,1-2,6-7H2. The first kappa shape index (κ1) is 10.0. The molecule has 1 aliphatic heterocycles. The first-order valence-electron chi connectivity index (χ1n) is 5.29. The van der Waals surface area contributed by atoms with E-state index in [1.807, 2.05) is 12.1 Å². The van der Waals surface area contributed by atoms with Crippen LogP contribution in [0.15, 0.2) is 24.3 Å². The summed E-state index contributed by atoms with van der Waals surface area (Å²) < 4.78 is 5.74. The Kier molecular flexibility index (Phi) is 3.21. The summed E-state index contributed by atoms with van der Waals surface area (Å²) in [5, 5.41) is 12.0. The molecule has 1 aromatic rings. The van der Waals surface area contributed by atoms with Gasteiger partial charge < -0.3 is 4.74 Å². The Balaban J connectivity index is 2.00. The number of nitrogens with one attached hydrogen (secondary N) is 1. The van der Waals surface area contributed by atoms with Crippen molar-refractivity contribution in [2.75, 3.05) is 6.54 Å². The molecule has 1 N–H and O–H groups in total. The Hall–Kier alpha value is -1.53. The van der Waals surface area contributed by atoms with Crippen LogP contribution in [0.5, 0.6) is 5.75 Å². The molecule has 78 valence electrons. The first-order chi connectivity index (χ1) is 7.38. The Morgan fingerprint density at radius 3 is 3.07 bits per heavy atom. The fraction of sp³-hybridized carbons (Fsp3) is 0.417. The zero-order chi connectivity index (χ0) is 10.5. The van der Waals surface area contributed by atoms with Crippen molar-refractivity contribution in [2.45, 2.75) is 25.5 Å². The summed E-state index contributed by atoms with van der Waals surface area (Å²) in [6.45, 7) is 1.02. The summed E-state index contributed by atoms with van der Waals surface area (Å²) in [5.74, 6) is 0.772. The average molecular weight is 202 g/mol. The molecule has 1 aliphatic rings. The smallest absolute Gasteiger partial charge is 0.150 e. The SMILES string of the molecule is N#Cc1cccc(OC2CCCCN2)c1. The van der Waals surface area contributed by atoms with E-state index in [1.54, 1.807) is 12.1 Å². The Bertz CT molecular complexity index is 364. The minimum absolute atomic E-state index is 0.104.